The highest BCUT2D eigenvalue weighted by Crippen LogP contribution is 2.35. The second-order valence-corrected chi connectivity index (χ2v) is 6.33. The lowest BCUT2D eigenvalue weighted by molar-refractivity contribution is 0.634. The van der Waals surface area contributed by atoms with Gasteiger partial charge >= 0.3 is 0 Å². The number of hydrogen-bond donors (Lipinski definition) is 2. The Bertz CT molecular complexity index is 530. The number of hydrogen-bond acceptors (Lipinski definition) is 3. The minimum Gasteiger partial charge on any atom is -0.271 e. The van der Waals surface area contributed by atoms with Crippen molar-refractivity contribution in [1.82, 2.24) is 5.43 Å². The number of nitrogens with two attached hydrogens (primary N) is 1. The maximum Gasteiger partial charge on any atom is 0.0740 e. The lowest BCUT2D eigenvalue weighted by Gasteiger charge is -2.17. The van der Waals surface area contributed by atoms with E-state index in [2.05, 4.69) is 42.7 Å². The Kier molecular flexibility index (Phi) is 4.63. The maximum absolute atomic E-state index is 5.93. The van der Waals surface area contributed by atoms with Crippen molar-refractivity contribution >= 4 is 54.8 Å². The van der Waals surface area contributed by atoms with Crippen LogP contribution in [0.15, 0.2) is 37.9 Å². The topological polar surface area (TPSA) is 38.0 Å². The van der Waals surface area contributed by atoms with E-state index in [4.69, 9.17) is 17.4 Å². The molecule has 0 saturated carbocycles. The third-order valence-corrected chi connectivity index (χ3v) is 5.07. The highest BCUT2D eigenvalue weighted by Gasteiger charge is 2.18. The second-order valence-electron chi connectivity index (χ2n) is 3.44. The number of benzene rings is 1. The predicted molar refractivity (Wildman–Crippen MR) is 80.3 cm³/mol. The van der Waals surface area contributed by atoms with Crippen molar-refractivity contribution in [2.24, 2.45) is 5.84 Å². The minimum absolute atomic E-state index is 0.0673. The summed E-state index contributed by atoms with van der Waals surface area (Å²) in [5.74, 6) is 5.65. The van der Waals surface area contributed by atoms with Crippen LogP contribution in [-0.4, -0.2) is 0 Å². The highest BCUT2D eigenvalue weighted by molar-refractivity contribution is 9.10. The minimum atomic E-state index is -0.0673. The van der Waals surface area contributed by atoms with Crippen molar-refractivity contribution in [3.05, 3.63) is 54.1 Å². The van der Waals surface area contributed by atoms with E-state index in [0.717, 1.165) is 20.1 Å². The average molecular weight is 397 g/mol. The van der Waals surface area contributed by atoms with Crippen LogP contribution in [0.3, 0.4) is 0 Å². The predicted octanol–water partition coefficient (Wildman–Crippen LogP) is 4.48. The van der Waals surface area contributed by atoms with Crippen LogP contribution < -0.4 is 11.3 Å². The third-order valence-electron chi connectivity index (χ3n) is 2.39. The molecule has 6 heteroatoms. The van der Waals surface area contributed by atoms with Crippen LogP contribution in [0, 0.1) is 0 Å². The monoisotopic (exact) mass is 394 g/mol. The first-order valence-electron chi connectivity index (χ1n) is 4.76. The highest BCUT2D eigenvalue weighted by atomic mass is 79.9. The molecule has 0 spiro atoms. The SMILES string of the molecule is NNC(c1ccc(Cl)cc1Br)c1cscc1Br. The molecule has 2 rings (SSSR count). The standard InChI is InChI=1S/C11H9Br2ClN2S/c12-9-3-6(14)1-2-7(9)11(16-15)8-4-17-5-10(8)13/h1-5,11,16H,15H2. The van der Waals surface area contributed by atoms with Gasteiger partial charge in [-0.2, -0.15) is 11.3 Å². The van der Waals surface area contributed by atoms with Gasteiger partial charge in [0.2, 0.25) is 0 Å². The molecule has 1 unspecified atom stereocenters. The van der Waals surface area contributed by atoms with Gasteiger partial charge in [0.05, 0.1) is 6.04 Å². The molecule has 0 aliphatic rings. The third kappa shape index (κ3) is 2.92. The summed E-state index contributed by atoms with van der Waals surface area (Å²) in [6.45, 7) is 0. The summed E-state index contributed by atoms with van der Waals surface area (Å²) in [6, 6.07) is 5.61. The fraction of sp³-hybridized carbons (Fsp3) is 0.0909. The molecule has 17 heavy (non-hydrogen) atoms. The van der Waals surface area contributed by atoms with Gasteiger partial charge in [0.15, 0.2) is 0 Å². The molecule has 1 aromatic heterocycles. The molecule has 1 atom stereocenters. The number of rotatable bonds is 3. The van der Waals surface area contributed by atoms with Gasteiger partial charge in [-0.1, -0.05) is 33.6 Å². The number of hydrazine groups is 1. The zero-order valence-corrected chi connectivity index (χ0v) is 13.3. The summed E-state index contributed by atoms with van der Waals surface area (Å²) in [5.41, 5.74) is 4.99. The van der Waals surface area contributed by atoms with E-state index in [9.17, 15) is 0 Å². The van der Waals surface area contributed by atoms with Crippen LogP contribution >= 0.6 is 54.8 Å². The average Bonchev–Trinajstić information content (AvgIpc) is 2.69. The van der Waals surface area contributed by atoms with Crippen LogP contribution in [0.1, 0.15) is 17.2 Å². The molecule has 1 heterocycles. The van der Waals surface area contributed by atoms with Gasteiger partial charge in [-0.05, 0) is 44.6 Å². The Morgan fingerprint density at radius 1 is 1.18 bits per heavy atom. The van der Waals surface area contributed by atoms with E-state index in [1.165, 1.54) is 0 Å². The number of thiophene rings is 1. The first-order chi connectivity index (χ1) is 8.13. The second kappa shape index (κ2) is 5.82. The van der Waals surface area contributed by atoms with Gasteiger partial charge in [-0.3, -0.25) is 5.84 Å². The van der Waals surface area contributed by atoms with E-state index in [-0.39, 0.29) is 6.04 Å². The van der Waals surface area contributed by atoms with Crippen LogP contribution in [-0.2, 0) is 0 Å². The molecule has 90 valence electrons. The van der Waals surface area contributed by atoms with E-state index >= 15 is 0 Å². The van der Waals surface area contributed by atoms with Gasteiger partial charge in [0.25, 0.3) is 0 Å². The molecule has 0 saturated heterocycles. The van der Waals surface area contributed by atoms with Crippen molar-refractivity contribution in [2.75, 3.05) is 0 Å². The fourth-order valence-electron chi connectivity index (χ4n) is 1.58. The van der Waals surface area contributed by atoms with Crippen molar-refractivity contribution < 1.29 is 0 Å². The molecule has 0 aliphatic carbocycles. The molecule has 3 N–H and O–H groups in total. The molecule has 0 radical (unpaired) electrons. The zero-order chi connectivity index (χ0) is 12.4. The van der Waals surface area contributed by atoms with Crippen molar-refractivity contribution in [3.63, 3.8) is 0 Å². The summed E-state index contributed by atoms with van der Waals surface area (Å²) >= 11 is 14.6. The molecule has 0 bridgehead atoms. The number of halogens is 3. The zero-order valence-electron chi connectivity index (χ0n) is 8.58. The number of nitrogens with one attached hydrogen (secondary N) is 1. The van der Waals surface area contributed by atoms with Crippen molar-refractivity contribution in [3.8, 4) is 0 Å². The van der Waals surface area contributed by atoms with Gasteiger partial charge in [-0.25, -0.2) is 5.43 Å². The summed E-state index contributed by atoms with van der Waals surface area (Å²) in [4.78, 5) is 0. The quantitative estimate of drug-likeness (QED) is 0.593. The fourth-order valence-corrected chi connectivity index (χ4v) is 4.04. The molecular formula is C11H9Br2ClN2S. The van der Waals surface area contributed by atoms with E-state index in [1.807, 2.05) is 23.6 Å². The Hall–Kier alpha value is 0.0900. The lowest BCUT2D eigenvalue weighted by atomic mass is 10.0. The molecule has 0 aliphatic heterocycles. The summed E-state index contributed by atoms with van der Waals surface area (Å²) < 4.78 is 1.98. The van der Waals surface area contributed by atoms with Crippen LogP contribution in [0.2, 0.25) is 5.02 Å². The molecule has 0 amide bonds. The van der Waals surface area contributed by atoms with Crippen LogP contribution in [0.5, 0.6) is 0 Å². The van der Waals surface area contributed by atoms with Crippen molar-refractivity contribution in [1.29, 1.82) is 0 Å². The molecule has 1 aromatic carbocycles. The lowest BCUT2D eigenvalue weighted by Crippen LogP contribution is -2.29. The van der Waals surface area contributed by atoms with Gasteiger partial charge < -0.3 is 0 Å². The maximum atomic E-state index is 5.93. The largest absolute Gasteiger partial charge is 0.271 e. The normalized spacial score (nSPS) is 12.7. The first kappa shape index (κ1) is 13.5. The van der Waals surface area contributed by atoms with E-state index < -0.39 is 0 Å². The summed E-state index contributed by atoms with van der Waals surface area (Å²) in [7, 11) is 0. The Morgan fingerprint density at radius 3 is 2.47 bits per heavy atom. The van der Waals surface area contributed by atoms with Crippen LogP contribution in [0.25, 0.3) is 0 Å². The van der Waals surface area contributed by atoms with Gasteiger partial charge in [0.1, 0.15) is 0 Å². The summed E-state index contributed by atoms with van der Waals surface area (Å²) in [5, 5.41) is 4.79. The van der Waals surface area contributed by atoms with Crippen LogP contribution in [0.4, 0.5) is 0 Å². The Labute approximate surface area is 125 Å². The molecule has 0 fully saturated rings. The van der Waals surface area contributed by atoms with Crippen molar-refractivity contribution in [2.45, 2.75) is 6.04 Å². The summed E-state index contributed by atoms with van der Waals surface area (Å²) in [6.07, 6.45) is 0. The van der Waals surface area contributed by atoms with Gasteiger partial charge in [-0.15, -0.1) is 0 Å². The smallest absolute Gasteiger partial charge is 0.0740 e. The first-order valence-corrected chi connectivity index (χ1v) is 7.67. The molecule has 2 aromatic rings. The molecule has 2 nitrogen and oxygen atoms in total. The molecular weight excluding hydrogens is 387 g/mol. The Balaban J connectivity index is 2.46. The van der Waals surface area contributed by atoms with E-state index in [0.29, 0.717) is 5.02 Å². The van der Waals surface area contributed by atoms with Gasteiger partial charge in [0, 0.05) is 19.3 Å². The Morgan fingerprint density at radius 2 is 1.94 bits per heavy atom. The van der Waals surface area contributed by atoms with E-state index in [1.54, 1.807) is 11.3 Å².